The highest BCUT2D eigenvalue weighted by molar-refractivity contribution is 4.82. The van der Waals surface area contributed by atoms with Crippen molar-refractivity contribution >= 4 is 0 Å². The van der Waals surface area contributed by atoms with Crippen molar-refractivity contribution in [3.05, 3.63) is 0 Å². The summed E-state index contributed by atoms with van der Waals surface area (Å²) in [5.41, 5.74) is 0.576. The molecule has 1 N–H and O–H groups in total. The first kappa shape index (κ1) is 12.4. The smallest absolute Gasteiger partial charge is 0.0220 e. The highest BCUT2D eigenvalue weighted by atomic mass is 15.2. The second-order valence-corrected chi connectivity index (χ2v) is 6.41. The molecule has 0 aromatic carbocycles. The zero-order chi connectivity index (χ0) is 11.4. The average Bonchev–Trinajstić information content (AvgIpc) is 2.58. The minimum atomic E-state index is 0.576. The molecule has 0 amide bonds. The molecule has 94 valence electrons. The van der Waals surface area contributed by atoms with Crippen molar-refractivity contribution in [3.63, 3.8) is 0 Å². The standard InChI is InChI=1S/C14H28N2/c1-14(2)7-5-10-16(11-8-14)13-6-3-4-9-15-12-13/h13,15H,3-12H2,1-2H3. The average molecular weight is 224 g/mol. The summed E-state index contributed by atoms with van der Waals surface area (Å²) >= 11 is 0. The van der Waals surface area contributed by atoms with Crippen LogP contribution in [0.2, 0.25) is 0 Å². The Morgan fingerprint density at radius 2 is 1.94 bits per heavy atom. The van der Waals surface area contributed by atoms with Gasteiger partial charge in [0, 0.05) is 12.6 Å². The van der Waals surface area contributed by atoms with E-state index in [9.17, 15) is 0 Å². The molecule has 2 rings (SSSR count). The molecule has 16 heavy (non-hydrogen) atoms. The van der Waals surface area contributed by atoms with E-state index in [0.29, 0.717) is 5.41 Å². The van der Waals surface area contributed by atoms with E-state index in [0.717, 1.165) is 6.04 Å². The highest BCUT2D eigenvalue weighted by Gasteiger charge is 2.27. The van der Waals surface area contributed by atoms with Crippen LogP contribution in [-0.2, 0) is 0 Å². The first-order valence-electron chi connectivity index (χ1n) is 7.12. The molecule has 0 radical (unpaired) electrons. The largest absolute Gasteiger partial charge is 0.315 e. The summed E-state index contributed by atoms with van der Waals surface area (Å²) in [6.07, 6.45) is 8.37. The van der Waals surface area contributed by atoms with E-state index >= 15 is 0 Å². The van der Waals surface area contributed by atoms with Gasteiger partial charge in [-0.15, -0.1) is 0 Å². The number of nitrogens with one attached hydrogen (secondary N) is 1. The van der Waals surface area contributed by atoms with Gasteiger partial charge in [0.05, 0.1) is 0 Å². The number of hydrogen-bond acceptors (Lipinski definition) is 2. The van der Waals surface area contributed by atoms with Gasteiger partial charge in [-0.2, -0.15) is 0 Å². The molecule has 0 aromatic heterocycles. The number of rotatable bonds is 1. The van der Waals surface area contributed by atoms with Crippen LogP contribution >= 0.6 is 0 Å². The first-order chi connectivity index (χ1) is 7.67. The molecule has 0 saturated carbocycles. The fourth-order valence-corrected chi connectivity index (χ4v) is 3.12. The summed E-state index contributed by atoms with van der Waals surface area (Å²) in [6, 6.07) is 0.816. The van der Waals surface area contributed by atoms with Crippen LogP contribution in [0.5, 0.6) is 0 Å². The summed E-state index contributed by atoms with van der Waals surface area (Å²) in [6.45, 7) is 9.97. The summed E-state index contributed by atoms with van der Waals surface area (Å²) < 4.78 is 0. The third kappa shape index (κ3) is 3.46. The minimum Gasteiger partial charge on any atom is -0.315 e. The molecule has 2 aliphatic rings. The predicted octanol–water partition coefficient (Wildman–Crippen LogP) is 2.64. The van der Waals surface area contributed by atoms with Crippen LogP contribution < -0.4 is 5.32 Å². The van der Waals surface area contributed by atoms with Crippen molar-refractivity contribution in [2.45, 2.75) is 58.4 Å². The highest BCUT2D eigenvalue weighted by Crippen LogP contribution is 2.30. The van der Waals surface area contributed by atoms with Crippen LogP contribution in [0, 0.1) is 5.41 Å². The van der Waals surface area contributed by atoms with Crippen LogP contribution in [0.15, 0.2) is 0 Å². The van der Waals surface area contributed by atoms with Crippen molar-refractivity contribution in [3.8, 4) is 0 Å². The predicted molar refractivity (Wildman–Crippen MR) is 69.7 cm³/mol. The van der Waals surface area contributed by atoms with Crippen molar-refractivity contribution in [1.29, 1.82) is 0 Å². The third-order valence-electron chi connectivity index (χ3n) is 4.41. The monoisotopic (exact) mass is 224 g/mol. The van der Waals surface area contributed by atoms with Gasteiger partial charge in [0.1, 0.15) is 0 Å². The van der Waals surface area contributed by atoms with Crippen LogP contribution in [0.4, 0.5) is 0 Å². The lowest BCUT2D eigenvalue weighted by molar-refractivity contribution is 0.186. The summed E-state index contributed by atoms with van der Waals surface area (Å²) in [5, 5.41) is 3.59. The Labute approximate surface area is 101 Å². The Balaban J connectivity index is 1.88. The van der Waals surface area contributed by atoms with E-state index < -0.39 is 0 Å². The van der Waals surface area contributed by atoms with Crippen LogP contribution in [0.25, 0.3) is 0 Å². The fraction of sp³-hybridized carbons (Fsp3) is 1.00. The van der Waals surface area contributed by atoms with E-state index in [1.165, 1.54) is 64.7 Å². The second-order valence-electron chi connectivity index (χ2n) is 6.41. The molecule has 2 fully saturated rings. The maximum absolute atomic E-state index is 3.59. The molecule has 1 unspecified atom stereocenters. The summed E-state index contributed by atoms with van der Waals surface area (Å²) in [4.78, 5) is 2.76. The molecule has 2 nitrogen and oxygen atoms in total. The Bertz CT molecular complexity index is 205. The quantitative estimate of drug-likeness (QED) is 0.736. The Hall–Kier alpha value is -0.0800. The molecule has 0 bridgehead atoms. The van der Waals surface area contributed by atoms with Gasteiger partial charge < -0.3 is 5.32 Å². The van der Waals surface area contributed by atoms with Crippen molar-refractivity contribution in [2.24, 2.45) is 5.41 Å². The van der Waals surface area contributed by atoms with E-state index in [-0.39, 0.29) is 0 Å². The number of nitrogens with zero attached hydrogens (tertiary/aromatic N) is 1. The Kier molecular flexibility index (Phi) is 4.26. The lowest BCUT2D eigenvalue weighted by Gasteiger charge is -2.30. The molecule has 2 heterocycles. The first-order valence-corrected chi connectivity index (χ1v) is 7.12. The third-order valence-corrected chi connectivity index (χ3v) is 4.41. The molecule has 2 heteroatoms. The molecule has 0 aliphatic carbocycles. The summed E-state index contributed by atoms with van der Waals surface area (Å²) in [7, 11) is 0. The van der Waals surface area contributed by atoms with Crippen molar-refractivity contribution in [2.75, 3.05) is 26.2 Å². The fourth-order valence-electron chi connectivity index (χ4n) is 3.12. The van der Waals surface area contributed by atoms with Gasteiger partial charge >= 0.3 is 0 Å². The van der Waals surface area contributed by atoms with Gasteiger partial charge in [0.15, 0.2) is 0 Å². The topological polar surface area (TPSA) is 15.3 Å². The van der Waals surface area contributed by atoms with Crippen LogP contribution in [0.1, 0.15) is 52.4 Å². The SMILES string of the molecule is CC1(C)CCCN(C2CCCCNC2)CC1. The molecule has 2 saturated heterocycles. The number of likely N-dealkylation sites (tertiary alicyclic amines) is 1. The maximum Gasteiger partial charge on any atom is 0.0220 e. The molecule has 1 atom stereocenters. The van der Waals surface area contributed by atoms with Gasteiger partial charge in [0.25, 0.3) is 0 Å². The maximum atomic E-state index is 3.59. The second kappa shape index (κ2) is 5.50. The zero-order valence-corrected chi connectivity index (χ0v) is 11.1. The molecule has 0 aromatic rings. The minimum absolute atomic E-state index is 0.576. The Morgan fingerprint density at radius 1 is 1.06 bits per heavy atom. The molecule has 0 spiro atoms. The van der Waals surface area contributed by atoms with E-state index in [2.05, 4.69) is 24.1 Å². The lowest BCUT2D eigenvalue weighted by Crippen LogP contribution is -2.42. The van der Waals surface area contributed by atoms with Crippen LogP contribution in [-0.4, -0.2) is 37.1 Å². The normalized spacial score (nSPS) is 33.0. The van der Waals surface area contributed by atoms with Gasteiger partial charge in [0.2, 0.25) is 0 Å². The van der Waals surface area contributed by atoms with E-state index in [1.54, 1.807) is 0 Å². The van der Waals surface area contributed by atoms with Gasteiger partial charge in [-0.1, -0.05) is 20.3 Å². The molecular formula is C14H28N2. The van der Waals surface area contributed by atoms with Crippen molar-refractivity contribution < 1.29 is 0 Å². The van der Waals surface area contributed by atoms with E-state index in [4.69, 9.17) is 0 Å². The van der Waals surface area contributed by atoms with Crippen molar-refractivity contribution in [1.82, 2.24) is 10.2 Å². The number of hydrogen-bond donors (Lipinski definition) is 1. The van der Waals surface area contributed by atoms with Gasteiger partial charge in [-0.05, 0) is 57.2 Å². The van der Waals surface area contributed by atoms with Gasteiger partial charge in [-0.25, -0.2) is 0 Å². The molecular weight excluding hydrogens is 196 g/mol. The van der Waals surface area contributed by atoms with Crippen LogP contribution in [0.3, 0.4) is 0 Å². The lowest BCUT2D eigenvalue weighted by atomic mass is 9.85. The Morgan fingerprint density at radius 3 is 2.81 bits per heavy atom. The zero-order valence-electron chi connectivity index (χ0n) is 11.1. The van der Waals surface area contributed by atoms with Gasteiger partial charge in [-0.3, -0.25) is 4.90 Å². The summed E-state index contributed by atoms with van der Waals surface area (Å²) in [5.74, 6) is 0. The molecule has 2 aliphatic heterocycles. The van der Waals surface area contributed by atoms with E-state index in [1.807, 2.05) is 0 Å².